The van der Waals surface area contributed by atoms with Crippen LogP contribution in [0.5, 0.6) is 0 Å². The highest BCUT2D eigenvalue weighted by Crippen LogP contribution is 2.52. The summed E-state index contributed by atoms with van der Waals surface area (Å²) in [5, 5.41) is 3.29. The maximum Gasteiger partial charge on any atom is 0.211 e. The number of hydrogen-bond acceptors (Lipinski definition) is 3. The summed E-state index contributed by atoms with van der Waals surface area (Å²) >= 11 is 0. The molecule has 0 bridgehead atoms. The SMILES string of the molecule is CCS(=O)(=O)N[C@@H]1[C@H](Cc2cc(F)cc(-c3cccc(F)c3)c2F)NCC12CC2.Cl. The third-order valence-corrected chi connectivity index (χ3v) is 7.42. The summed E-state index contributed by atoms with van der Waals surface area (Å²) in [5.41, 5.74) is 0.233. The van der Waals surface area contributed by atoms with Crippen molar-refractivity contribution >= 4 is 22.4 Å². The van der Waals surface area contributed by atoms with Gasteiger partial charge in [0.25, 0.3) is 0 Å². The van der Waals surface area contributed by atoms with E-state index in [1.165, 1.54) is 18.2 Å². The second-order valence-corrected chi connectivity index (χ2v) is 10.0. The van der Waals surface area contributed by atoms with Crippen LogP contribution < -0.4 is 10.0 Å². The molecule has 1 spiro atoms. The highest BCUT2D eigenvalue weighted by atomic mass is 35.5. The molecule has 4 rings (SSSR count). The molecular formula is C21H24ClF3N2O2S. The molecule has 9 heteroatoms. The molecule has 2 aromatic rings. The van der Waals surface area contributed by atoms with Crippen molar-refractivity contribution in [2.75, 3.05) is 12.3 Å². The van der Waals surface area contributed by atoms with Crippen molar-refractivity contribution in [1.29, 1.82) is 0 Å². The van der Waals surface area contributed by atoms with Crippen molar-refractivity contribution < 1.29 is 21.6 Å². The fraction of sp³-hybridized carbons (Fsp3) is 0.429. The molecule has 0 amide bonds. The lowest BCUT2D eigenvalue weighted by Crippen LogP contribution is -2.48. The zero-order valence-electron chi connectivity index (χ0n) is 16.4. The van der Waals surface area contributed by atoms with Gasteiger partial charge in [0, 0.05) is 29.6 Å². The molecule has 0 unspecified atom stereocenters. The van der Waals surface area contributed by atoms with Crippen LogP contribution in [0.2, 0.25) is 0 Å². The van der Waals surface area contributed by atoms with Gasteiger partial charge in [-0.25, -0.2) is 26.3 Å². The minimum atomic E-state index is -3.43. The van der Waals surface area contributed by atoms with Crippen LogP contribution in [0.25, 0.3) is 11.1 Å². The molecule has 2 fully saturated rings. The first-order chi connectivity index (χ1) is 13.7. The smallest absolute Gasteiger partial charge is 0.211 e. The molecule has 1 saturated heterocycles. The van der Waals surface area contributed by atoms with E-state index >= 15 is 4.39 Å². The normalized spacial score (nSPS) is 22.1. The van der Waals surface area contributed by atoms with E-state index in [9.17, 15) is 17.2 Å². The van der Waals surface area contributed by atoms with Crippen molar-refractivity contribution in [2.24, 2.45) is 5.41 Å². The van der Waals surface area contributed by atoms with Crippen LogP contribution in [0.4, 0.5) is 13.2 Å². The number of sulfonamides is 1. The monoisotopic (exact) mass is 460 g/mol. The van der Waals surface area contributed by atoms with Gasteiger partial charge in [0.2, 0.25) is 10.0 Å². The zero-order valence-corrected chi connectivity index (χ0v) is 18.1. The summed E-state index contributed by atoms with van der Waals surface area (Å²) < 4.78 is 70.1. The van der Waals surface area contributed by atoms with E-state index in [4.69, 9.17) is 0 Å². The van der Waals surface area contributed by atoms with Crippen LogP contribution >= 0.6 is 12.4 Å². The van der Waals surface area contributed by atoms with Crippen molar-refractivity contribution in [2.45, 2.75) is 38.3 Å². The van der Waals surface area contributed by atoms with Gasteiger partial charge in [0.15, 0.2) is 0 Å². The average Bonchev–Trinajstić information content (AvgIpc) is 3.39. The Hall–Kier alpha value is -1.61. The molecule has 30 heavy (non-hydrogen) atoms. The summed E-state index contributed by atoms with van der Waals surface area (Å²) in [6.45, 7) is 2.21. The summed E-state index contributed by atoms with van der Waals surface area (Å²) in [4.78, 5) is 0. The van der Waals surface area contributed by atoms with E-state index in [1.807, 2.05) is 0 Å². The Kier molecular flexibility index (Phi) is 6.53. The maximum absolute atomic E-state index is 15.2. The molecule has 0 aromatic heterocycles. The van der Waals surface area contributed by atoms with Crippen LogP contribution in [0.15, 0.2) is 36.4 Å². The molecule has 164 valence electrons. The maximum atomic E-state index is 15.2. The highest BCUT2D eigenvalue weighted by molar-refractivity contribution is 7.89. The molecule has 4 nitrogen and oxygen atoms in total. The van der Waals surface area contributed by atoms with Gasteiger partial charge < -0.3 is 5.32 Å². The zero-order chi connectivity index (χ0) is 20.8. The lowest BCUT2D eigenvalue weighted by atomic mass is 9.91. The van der Waals surface area contributed by atoms with Gasteiger partial charge in [0.05, 0.1) is 5.75 Å². The van der Waals surface area contributed by atoms with E-state index < -0.39 is 27.5 Å². The standard InChI is InChI=1S/C21H23F3N2O2S.ClH/c1-2-29(27,28)26-20-18(25-12-21(20)6-7-21)10-14-9-16(23)11-17(19(14)24)13-4-3-5-15(22)8-13;/h3-5,8-9,11,18,20,25-26H,2,6-7,10,12H2,1H3;1H/t18-,20+;/m0./s1. The van der Waals surface area contributed by atoms with Crippen LogP contribution in [-0.2, 0) is 16.4 Å². The second-order valence-electron chi connectivity index (χ2n) is 7.99. The number of benzene rings is 2. The lowest BCUT2D eigenvalue weighted by molar-refractivity contribution is 0.406. The lowest BCUT2D eigenvalue weighted by Gasteiger charge is -2.25. The van der Waals surface area contributed by atoms with E-state index in [2.05, 4.69) is 10.0 Å². The molecule has 1 heterocycles. The Morgan fingerprint density at radius 1 is 1.13 bits per heavy atom. The van der Waals surface area contributed by atoms with Crippen molar-refractivity contribution in [1.82, 2.24) is 10.0 Å². The fourth-order valence-corrected chi connectivity index (χ4v) is 5.18. The molecule has 1 saturated carbocycles. The topological polar surface area (TPSA) is 58.2 Å². The minimum Gasteiger partial charge on any atom is -0.311 e. The summed E-state index contributed by atoms with van der Waals surface area (Å²) in [5.74, 6) is -1.81. The first-order valence-electron chi connectivity index (χ1n) is 9.70. The van der Waals surface area contributed by atoms with E-state index in [0.717, 1.165) is 31.0 Å². The van der Waals surface area contributed by atoms with E-state index in [1.54, 1.807) is 6.92 Å². The second kappa shape index (κ2) is 8.49. The fourth-order valence-electron chi connectivity index (χ4n) is 4.21. The van der Waals surface area contributed by atoms with E-state index in [-0.39, 0.29) is 58.8 Å². The van der Waals surface area contributed by atoms with Gasteiger partial charge in [-0.15, -0.1) is 12.4 Å². The van der Waals surface area contributed by atoms with Gasteiger partial charge in [-0.1, -0.05) is 12.1 Å². The first kappa shape index (κ1) is 23.1. The predicted molar refractivity (Wildman–Crippen MR) is 113 cm³/mol. The van der Waals surface area contributed by atoms with Crippen molar-refractivity contribution in [3.8, 4) is 11.1 Å². The molecule has 1 aliphatic heterocycles. The molecule has 2 aliphatic rings. The van der Waals surface area contributed by atoms with Crippen molar-refractivity contribution in [3.05, 3.63) is 59.4 Å². The van der Waals surface area contributed by atoms with Crippen molar-refractivity contribution in [3.63, 3.8) is 0 Å². The van der Waals surface area contributed by atoms with Crippen LogP contribution in [-0.4, -0.2) is 32.8 Å². The summed E-state index contributed by atoms with van der Waals surface area (Å²) in [6.07, 6.45) is 1.92. The largest absolute Gasteiger partial charge is 0.311 e. The van der Waals surface area contributed by atoms with Crippen LogP contribution in [0, 0.1) is 22.9 Å². The number of nitrogens with one attached hydrogen (secondary N) is 2. The quantitative estimate of drug-likeness (QED) is 0.689. The Bertz CT molecular complexity index is 1040. The minimum absolute atomic E-state index is 0. The molecule has 2 N–H and O–H groups in total. The average molecular weight is 461 g/mol. The molecule has 1 aliphatic carbocycles. The molecular weight excluding hydrogens is 437 g/mol. The molecule has 0 radical (unpaired) electrons. The van der Waals surface area contributed by atoms with E-state index in [0.29, 0.717) is 6.54 Å². The summed E-state index contributed by atoms with van der Waals surface area (Å²) in [7, 11) is -3.43. The van der Waals surface area contributed by atoms with Gasteiger partial charge >= 0.3 is 0 Å². The molecule has 2 aromatic carbocycles. The van der Waals surface area contributed by atoms with Gasteiger partial charge in [-0.05, 0) is 61.6 Å². The third-order valence-electron chi connectivity index (χ3n) is 6.05. The summed E-state index contributed by atoms with van der Waals surface area (Å²) in [6, 6.07) is 6.83. The number of rotatable bonds is 6. The number of halogens is 4. The van der Waals surface area contributed by atoms with Crippen LogP contribution in [0.1, 0.15) is 25.3 Å². The molecule has 2 atom stereocenters. The van der Waals surface area contributed by atoms with Gasteiger partial charge in [-0.2, -0.15) is 0 Å². The number of hydrogen-bond donors (Lipinski definition) is 2. The first-order valence-corrected chi connectivity index (χ1v) is 11.4. The van der Waals surface area contributed by atoms with Gasteiger partial charge in [0.1, 0.15) is 17.5 Å². The third kappa shape index (κ3) is 4.51. The highest BCUT2D eigenvalue weighted by Gasteiger charge is 2.57. The Balaban J connectivity index is 0.00000256. The van der Waals surface area contributed by atoms with Gasteiger partial charge in [-0.3, -0.25) is 0 Å². The Morgan fingerprint density at radius 3 is 2.50 bits per heavy atom. The predicted octanol–water partition coefficient (Wildman–Crippen LogP) is 3.80. The Labute approximate surface area is 180 Å². The Morgan fingerprint density at radius 2 is 1.87 bits per heavy atom. The van der Waals surface area contributed by atoms with Crippen LogP contribution in [0.3, 0.4) is 0 Å².